The fraction of sp³-hybridized carbons (Fsp3) is 0.667. The van der Waals surface area contributed by atoms with Crippen molar-refractivity contribution in [3.05, 3.63) is 29.8 Å². The number of carbonyl (C=O) groups excluding carboxylic acids is 1. The first-order chi connectivity index (χ1) is 11.7. The molecule has 1 saturated carbocycles. The van der Waals surface area contributed by atoms with E-state index in [1.165, 1.54) is 49.8 Å². The van der Waals surface area contributed by atoms with Gasteiger partial charge in [-0.2, -0.15) is 0 Å². The van der Waals surface area contributed by atoms with Crippen LogP contribution in [0.4, 0.5) is 5.69 Å². The minimum absolute atomic E-state index is 0.252. The van der Waals surface area contributed by atoms with Gasteiger partial charge >= 0.3 is 0 Å². The first-order valence-electron chi connectivity index (χ1n) is 9.80. The summed E-state index contributed by atoms with van der Waals surface area (Å²) in [4.78, 5) is 15.2. The van der Waals surface area contributed by atoms with Crippen LogP contribution in [-0.2, 0) is 10.2 Å². The summed E-state index contributed by atoms with van der Waals surface area (Å²) in [5.41, 5.74) is 2.88. The summed E-state index contributed by atoms with van der Waals surface area (Å²) in [5, 5.41) is 3.49. The van der Waals surface area contributed by atoms with Crippen LogP contribution in [0.2, 0.25) is 0 Å². The van der Waals surface area contributed by atoms with Crippen molar-refractivity contribution in [3.63, 3.8) is 0 Å². The highest BCUT2D eigenvalue weighted by Gasteiger charge is 2.46. The summed E-state index contributed by atoms with van der Waals surface area (Å²) >= 11 is 0. The van der Waals surface area contributed by atoms with Gasteiger partial charge in [0.05, 0.1) is 0 Å². The Bertz CT molecular complexity index is 600. The van der Waals surface area contributed by atoms with Crippen molar-refractivity contribution in [1.82, 2.24) is 5.32 Å². The minimum atomic E-state index is 0.252. The molecule has 3 heteroatoms. The SMILES string of the molecule is CC(CC(=O)N1CC2(CCCC2)c2ccccc21)C1CCCNC1. The Morgan fingerprint density at radius 3 is 2.83 bits per heavy atom. The van der Waals surface area contributed by atoms with E-state index in [0.717, 1.165) is 19.6 Å². The zero-order valence-electron chi connectivity index (χ0n) is 14.9. The zero-order valence-corrected chi connectivity index (χ0v) is 14.9. The first-order valence-corrected chi connectivity index (χ1v) is 9.80. The second kappa shape index (κ2) is 6.51. The molecule has 2 unspecified atom stereocenters. The molecule has 24 heavy (non-hydrogen) atoms. The lowest BCUT2D eigenvalue weighted by molar-refractivity contribution is -0.119. The summed E-state index contributed by atoms with van der Waals surface area (Å²) in [6.07, 6.45) is 8.31. The van der Waals surface area contributed by atoms with Crippen LogP contribution in [0, 0.1) is 11.8 Å². The van der Waals surface area contributed by atoms with E-state index in [9.17, 15) is 4.79 Å². The molecule has 1 N–H and O–H groups in total. The molecule has 1 aromatic carbocycles. The van der Waals surface area contributed by atoms with E-state index in [4.69, 9.17) is 0 Å². The van der Waals surface area contributed by atoms with Crippen molar-refractivity contribution in [1.29, 1.82) is 0 Å². The van der Waals surface area contributed by atoms with E-state index in [0.29, 0.717) is 24.2 Å². The smallest absolute Gasteiger partial charge is 0.227 e. The number of hydrogen-bond acceptors (Lipinski definition) is 2. The van der Waals surface area contributed by atoms with E-state index in [1.807, 2.05) is 0 Å². The van der Waals surface area contributed by atoms with Gasteiger partial charge in [-0.25, -0.2) is 0 Å². The van der Waals surface area contributed by atoms with Gasteiger partial charge in [-0.05, 0) is 62.2 Å². The number of para-hydroxylation sites is 1. The number of anilines is 1. The normalized spacial score (nSPS) is 26.5. The highest BCUT2D eigenvalue weighted by Crippen LogP contribution is 2.50. The first kappa shape index (κ1) is 16.1. The Kier molecular flexibility index (Phi) is 4.38. The molecule has 2 heterocycles. The van der Waals surface area contributed by atoms with Crippen molar-refractivity contribution in [3.8, 4) is 0 Å². The molecular weight excluding hydrogens is 296 g/mol. The van der Waals surface area contributed by atoms with Crippen LogP contribution in [0.5, 0.6) is 0 Å². The quantitative estimate of drug-likeness (QED) is 0.914. The van der Waals surface area contributed by atoms with E-state index in [-0.39, 0.29) is 5.41 Å². The molecule has 4 rings (SSSR count). The van der Waals surface area contributed by atoms with Crippen LogP contribution >= 0.6 is 0 Å². The fourth-order valence-electron chi connectivity index (χ4n) is 5.25. The zero-order chi connectivity index (χ0) is 16.6. The van der Waals surface area contributed by atoms with Crippen molar-refractivity contribution in [2.75, 3.05) is 24.5 Å². The number of amides is 1. The van der Waals surface area contributed by atoms with Gasteiger partial charge in [0.25, 0.3) is 0 Å². The van der Waals surface area contributed by atoms with Gasteiger partial charge in [0, 0.05) is 24.1 Å². The molecule has 0 bridgehead atoms. The second-order valence-electron chi connectivity index (χ2n) is 8.27. The van der Waals surface area contributed by atoms with Gasteiger partial charge < -0.3 is 10.2 Å². The summed E-state index contributed by atoms with van der Waals surface area (Å²) < 4.78 is 0. The largest absolute Gasteiger partial charge is 0.316 e. The van der Waals surface area contributed by atoms with Gasteiger partial charge in [-0.15, -0.1) is 0 Å². The summed E-state index contributed by atoms with van der Waals surface area (Å²) in [6, 6.07) is 8.65. The number of rotatable bonds is 3. The number of hydrogen-bond donors (Lipinski definition) is 1. The lowest BCUT2D eigenvalue weighted by Crippen LogP contribution is -2.39. The predicted molar refractivity (Wildman–Crippen MR) is 98.3 cm³/mol. The van der Waals surface area contributed by atoms with Crippen molar-refractivity contribution in [2.45, 2.75) is 57.3 Å². The maximum Gasteiger partial charge on any atom is 0.227 e. The van der Waals surface area contributed by atoms with Gasteiger partial charge in [0.1, 0.15) is 0 Å². The third-order valence-electron chi connectivity index (χ3n) is 6.73. The van der Waals surface area contributed by atoms with Crippen LogP contribution in [0.3, 0.4) is 0 Å². The van der Waals surface area contributed by atoms with Crippen LogP contribution in [0.15, 0.2) is 24.3 Å². The van der Waals surface area contributed by atoms with Crippen molar-refractivity contribution < 1.29 is 4.79 Å². The van der Waals surface area contributed by atoms with Gasteiger partial charge in [-0.3, -0.25) is 4.79 Å². The van der Waals surface area contributed by atoms with Crippen molar-refractivity contribution in [2.24, 2.45) is 11.8 Å². The van der Waals surface area contributed by atoms with E-state index in [1.54, 1.807) is 0 Å². The van der Waals surface area contributed by atoms with Crippen LogP contribution in [-0.4, -0.2) is 25.5 Å². The molecule has 2 fully saturated rings. The van der Waals surface area contributed by atoms with E-state index in [2.05, 4.69) is 41.4 Å². The minimum Gasteiger partial charge on any atom is -0.316 e. The highest BCUT2D eigenvalue weighted by atomic mass is 16.2. The molecule has 0 aromatic heterocycles. The molecule has 3 nitrogen and oxygen atoms in total. The Morgan fingerprint density at radius 2 is 2.08 bits per heavy atom. The molecule has 130 valence electrons. The second-order valence-corrected chi connectivity index (χ2v) is 8.27. The molecule has 1 amide bonds. The molecule has 3 aliphatic rings. The summed E-state index contributed by atoms with van der Waals surface area (Å²) in [5.74, 6) is 1.46. The Hall–Kier alpha value is -1.35. The Labute approximate surface area is 145 Å². The summed E-state index contributed by atoms with van der Waals surface area (Å²) in [7, 11) is 0. The number of nitrogens with zero attached hydrogens (tertiary/aromatic N) is 1. The van der Waals surface area contributed by atoms with Crippen LogP contribution in [0.1, 0.15) is 57.4 Å². The molecule has 1 aromatic rings. The molecule has 1 aliphatic carbocycles. The number of nitrogens with one attached hydrogen (secondary N) is 1. The number of piperidine rings is 1. The van der Waals surface area contributed by atoms with E-state index >= 15 is 0 Å². The maximum atomic E-state index is 13.1. The average molecular weight is 326 g/mol. The molecule has 0 radical (unpaired) electrons. The lowest BCUT2D eigenvalue weighted by Gasteiger charge is -2.30. The molecule has 1 spiro atoms. The van der Waals surface area contributed by atoms with Crippen LogP contribution in [0.25, 0.3) is 0 Å². The van der Waals surface area contributed by atoms with Gasteiger partial charge in [0.2, 0.25) is 5.91 Å². The van der Waals surface area contributed by atoms with Gasteiger partial charge in [0.15, 0.2) is 0 Å². The van der Waals surface area contributed by atoms with Crippen molar-refractivity contribution >= 4 is 11.6 Å². The third-order valence-corrected chi connectivity index (χ3v) is 6.73. The van der Waals surface area contributed by atoms with Gasteiger partial charge in [-0.1, -0.05) is 38.0 Å². The number of carbonyl (C=O) groups is 1. The van der Waals surface area contributed by atoms with Crippen LogP contribution < -0.4 is 10.2 Å². The highest BCUT2D eigenvalue weighted by molar-refractivity contribution is 5.96. The Morgan fingerprint density at radius 1 is 1.29 bits per heavy atom. The fourth-order valence-corrected chi connectivity index (χ4v) is 5.25. The molecule has 2 atom stereocenters. The standard InChI is InChI=1S/C21H30N2O/c1-16(17-7-6-12-22-14-17)13-20(24)23-15-21(10-4-5-11-21)18-8-2-3-9-19(18)23/h2-3,8-9,16-17,22H,4-7,10-15H2,1H3. The topological polar surface area (TPSA) is 32.3 Å². The Balaban J connectivity index is 1.50. The average Bonchev–Trinajstić information content (AvgIpc) is 3.22. The number of fused-ring (bicyclic) bond motifs is 2. The maximum absolute atomic E-state index is 13.1. The molecule has 1 saturated heterocycles. The monoisotopic (exact) mass is 326 g/mol. The third kappa shape index (κ3) is 2.77. The molecular formula is C21H30N2O. The lowest BCUT2D eigenvalue weighted by atomic mass is 9.81. The molecule has 2 aliphatic heterocycles. The summed E-state index contributed by atoms with van der Waals surface area (Å²) in [6.45, 7) is 5.40. The number of benzene rings is 1. The predicted octanol–water partition coefficient (Wildman–Crippen LogP) is 3.87. The van der Waals surface area contributed by atoms with E-state index < -0.39 is 0 Å².